The Morgan fingerprint density at radius 2 is 2.17 bits per heavy atom. The van der Waals surface area contributed by atoms with Gasteiger partial charge in [0.05, 0.1) is 12.3 Å². The van der Waals surface area contributed by atoms with Gasteiger partial charge in [0, 0.05) is 12.5 Å². The van der Waals surface area contributed by atoms with Crippen LogP contribution in [0.3, 0.4) is 0 Å². The van der Waals surface area contributed by atoms with Gasteiger partial charge >= 0.3 is 6.03 Å². The molecule has 0 aromatic rings. The molecule has 0 unspecified atom stereocenters. The van der Waals surface area contributed by atoms with Crippen LogP contribution < -0.4 is 10.6 Å². The van der Waals surface area contributed by atoms with Gasteiger partial charge in [-0.3, -0.25) is 0 Å². The summed E-state index contributed by atoms with van der Waals surface area (Å²) < 4.78 is 0. The molecule has 5 nitrogen and oxygen atoms in total. The van der Waals surface area contributed by atoms with Crippen LogP contribution in [0.5, 0.6) is 0 Å². The molecule has 102 valence electrons. The molecule has 1 aliphatic heterocycles. The van der Waals surface area contributed by atoms with Gasteiger partial charge in [-0.2, -0.15) is 0 Å². The van der Waals surface area contributed by atoms with Crippen LogP contribution in [0, 0.1) is 0 Å². The maximum Gasteiger partial charge on any atom is 0.315 e. The molecule has 1 saturated carbocycles. The smallest absolute Gasteiger partial charge is 0.315 e. The van der Waals surface area contributed by atoms with Gasteiger partial charge in [0.15, 0.2) is 5.60 Å². The third-order valence-electron chi connectivity index (χ3n) is 3.61. The van der Waals surface area contributed by atoms with Crippen molar-refractivity contribution in [1.82, 2.24) is 10.6 Å². The van der Waals surface area contributed by atoms with Gasteiger partial charge < -0.3 is 15.5 Å². The molecule has 2 amide bonds. The minimum atomic E-state index is -0.381. The minimum Gasteiger partial charge on any atom is -0.387 e. The fraction of sp³-hybridized carbons (Fsp3) is 0.846. The summed E-state index contributed by atoms with van der Waals surface area (Å²) in [7, 11) is 0. The van der Waals surface area contributed by atoms with E-state index in [4.69, 9.17) is 4.84 Å². The van der Waals surface area contributed by atoms with E-state index in [2.05, 4.69) is 15.8 Å². The fourth-order valence-electron chi connectivity index (χ4n) is 2.64. The summed E-state index contributed by atoms with van der Waals surface area (Å²) >= 11 is 0. The molecule has 2 aliphatic rings. The van der Waals surface area contributed by atoms with Crippen LogP contribution in [0.4, 0.5) is 4.79 Å². The Balaban J connectivity index is 1.68. The molecule has 0 spiro atoms. The molecule has 0 aromatic heterocycles. The number of rotatable bonds is 3. The van der Waals surface area contributed by atoms with Crippen molar-refractivity contribution in [3.63, 3.8) is 0 Å². The minimum absolute atomic E-state index is 0.0868. The van der Waals surface area contributed by atoms with Crippen molar-refractivity contribution < 1.29 is 9.63 Å². The van der Waals surface area contributed by atoms with E-state index in [1.807, 2.05) is 13.8 Å². The van der Waals surface area contributed by atoms with Crippen molar-refractivity contribution in [2.75, 3.05) is 6.54 Å². The van der Waals surface area contributed by atoms with Crippen LogP contribution in [-0.4, -0.2) is 29.9 Å². The summed E-state index contributed by atoms with van der Waals surface area (Å²) in [5.41, 5.74) is 0.598. The van der Waals surface area contributed by atoms with Crippen molar-refractivity contribution in [3.8, 4) is 0 Å². The third-order valence-corrected chi connectivity index (χ3v) is 3.61. The highest BCUT2D eigenvalue weighted by atomic mass is 16.7. The van der Waals surface area contributed by atoms with Gasteiger partial charge in [0.2, 0.25) is 0 Å². The Morgan fingerprint density at radius 3 is 2.78 bits per heavy atom. The van der Waals surface area contributed by atoms with Crippen molar-refractivity contribution in [3.05, 3.63) is 0 Å². The Labute approximate surface area is 108 Å². The van der Waals surface area contributed by atoms with Crippen molar-refractivity contribution in [2.45, 2.75) is 64.0 Å². The predicted molar refractivity (Wildman–Crippen MR) is 70.6 cm³/mol. The summed E-state index contributed by atoms with van der Waals surface area (Å²) in [5, 5.41) is 9.84. The lowest BCUT2D eigenvalue weighted by molar-refractivity contribution is -0.000461. The van der Waals surface area contributed by atoms with E-state index in [1.165, 1.54) is 19.3 Å². The van der Waals surface area contributed by atoms with Gasteiger partial charge in [-0.25, -0.2) is 4.79 Å². The molecule has 0 saturated heterocycles. The number of hydrogen-bond acceptors (Lipinski definition) is 3. The van der Waals surface area contributed by atoms with Crippen LogP contribution in [0.15, 0.2) is 5.16 Å². The monoisotopic (exact) mass is 253 g/mol. The maximum absolute atomic E-state index is 11.8. The molecule has 1 heterocycles. The van der Waals surface area contributed by atoms with E-state index in [0.717, 1.165) is 25.0 Å². The summed E-state index contributed by atoms with van der Waals surface area (Å²) in [5.74, 6) is 0. The van der Waals surface area contributed by atoms with Gasteiger partial charge in [-0.1, -0.05) is 24.4 Å². The van der Waals surface area contributed by atoms with Gasteiger partial charge in [0.25, 0.3) is 0 Å². The molecule has 18 heavy (non-hydrogen) atoms. The highest BCUT2D eigenvalue weighted by Crippen LogP contribution is 2.22. The molecule has 1 aliphatic carbocycles. The number of amides is 2. The highest BCUT2D eigenvalue weighted by Gasteiger charge is 2.33. The third kappa shape index (κ3) is 3.62. The Bertz CT molecular complexity index is 337. The van der Waals surface area contributed by atoms with Crippen molar-refractivity contribution in [1.29, 1.82) is 0 Å². The second-order valence-electron chi connectivity index (χ2n) is 5.71. The molecule has 0 aromatic carbocycles. The quantitative estimate of drug-likeness (QED) is 0.809. The van der Waals surface area contributed by atoms with Crippen LogP contribution in [0.1, 0.15) is 52.4 Å². The summed E-state index contributed by atoms with van der Waals surface area (Å²) in [4.78, 5) is 17.1. The average Bonchev–Trinajstić information content (AvgIpc) is 2.69. The van der Waals surface area contributed by atoms with Crippen LogP contribution >= 0.6 is 0 Å². The SMILES string of the molecule is CC1=NO[C@](C)(CNC(=O)NC2CCCCC2)C1. The zero-order valence-corrected chi connectivity index (χ0v) is 11.3. The van der Waals surface area contributed by atoms with Crippen LogP contribution in [0.2, 0.25) is 0 Å². The second kappa shape index (κ2) is 5.59. The fourth-order valence-corrected chi connectivity index (χ4v) is 2.64. The lowest BCUT2D eigenvalue weighted by atomic mass is 9.96. The normalized spacial score (nSPS) is 28.4. The lowest BCUT2D eigenvalue weighted by Gasteiger charge is -2.25. The molecular formula is C13H23N3O2. The standard InChI is InChI=1S/C13H23N3O2/c1-10-8-13(2,18-16-10)9-14-12(17)15-11-6-4-3-5-7-11/h11H,3-9H2,1-2H3,(H2,14,15,17)/t13-/m0/s1. The number of carbonyl (C=O) groups excluding carboxylic acids is 1. The van der Waals surface area contributed by atoms with Gasteiger partial charge in [-0.15, -0.1) is 0 Å². The van der Waals surface area contributed by atoms with Crippen LogP contribution in [-0.2, 0) is 4.84 Å². The summed E-state index contributed by atoms with van der Waals surface area (Å²) in [6, 6.07) is 0.255. The lowest BCUT2D eigenvalue weighted by Crippen LogP contribution is -2.48. The summed E-state index contributed by atoms with van der Waals surface area (Å²) in [6.07, 6.45) is 6.71. The molecule has 1 fully saturated rings. The first-order chi connectivity index (χ1) is 8.57. The zero-order chi connectivity index (χ0) is 13.0. The molecule has 1 atom stereocenters. The van der Waals surface area contributed by atoms with E-state index in [0.29, 0.717) is 12.6 Å². The van der Waals surface area contributed by atoms with E-state index < -0.39 is 0 Å². The number of oxime groups is 1. The maximum atomic E-state index is 11.8. The largest absolute Gasteiger partial charge is 0.387 e. The number of nitrogens with zero attached hydrogens (tertiary/aromatic N) is 1. The first kappa shape index (κ1) is 13.2. The number of carbonyl (C=O) groups is 1. The van der Waals surface area contributed by atoms with E-state index in [9.17, 15) is 4.79 Å². The van der Waals surface area contributed by atoms with E-state index in [-0.39, 0.29) is 11.6 Å². The number of urea groups is 1. The molecule has 2 rings (SSSR count). The number of hydrogen-bond donors (Lipinski definition) is 2. The Kier molecular flexibility index (Phi) is 4.09. The summed E-state index contributed by atoms with van der Waals surface area (Å²) in [6.45, 7) is 4.40. The van der Waals surface area contributed by atoms with Gasteiger partial charge in [-0.05, 0) is 26.7 Å². The predicted octanol–water partition coefficient (Wildman–Crippen LogP) is 2.17. The van der Waals surface area contributed by atoms with E-state index in [1.54, 1.807) is 0 Å². The highest BCUT2D eigenvalue weighted by molar-refractivity contribution is 5.83. The van der Waals surface area contributed by atoms with Crippen molar-refractivity contribution >= 4 is 11.7 Å². The van der Waals surface area contributed by atoms with Gasteiger partial charge in [0.1, 0.15) is 0 Å². The number of nitrogens with one attached hydrogen (secondary N) is 2. The van der Waals surface area contributed by atoms with Crippen molar-refractivity contribution in [2.24, 2.45) is 5.16 Å². The Hall–Kier alpha value is -1.26. The zero-order valence-electron chi connectivity index (χ0n) is 11.3. The molecule has 2 N–H and O–H groups in total. The van der Waals surface area contributed by atoms with E-state index >= 15 is 0 Å². The molecule has 0 radical (unpaired) electrons. The first-order valence-corrected chi connectivity index (χ1v) is 6.83. The topological polar surface area (TPSA) is 62.7 Å². The Morgan fingerprint density at radius 1 is 1.44 bits per heavy atom. The first-order valence-electron chi connectivity index (χ1n) is 6.83. The average molecular weight is 253 g/mol. The second-order valence-corrected chi connectivity index (χ2v) is 5.71. The molecule has 5 heteroatoms. The van der Waals surface area contributed by atoms with Crippen LogP contribution in [0.25, 0.3) is 0 Å². The molecular weight excluding hydrogens is 230 g/mol. The molecule has 0 bridgehead atoms.